The molecule has 0 aliphatic heterocycles. The first-order valence-electron chi connectivity index (χ1n) is 7.15. The van der Waals surface area contributed by atoms with E-state index in [9.17, 15) is 14.7 Å². The molecule has 1 aliphatic rings. The van der Waals surface area contributed by atoms with E-state index in [1.165, 1.54) is 10.6 Å². The quantitative estimate of drug-likeness (QED) is 0.644. The summed E-state index contributed by atoms with van der Waals surface area (Å²) in [7, 11) is 0. The van der Waals surface area contributed by atoms with Crippen LogP contribution < -0.4 is 0 Å². The normalized spacial score (nSPS) is 14.8. The van der Waals surface area contributed by atoms with Gasteiger partial charge in [-0.15, -0.1) is 11.3 Å². The number of hydrogen-bond acceptors (Lipinski definition) is 5. The Morgan fingerprint density at radius 3 is 2.79 bits per heavy atom. The smallest absolute Gasteiger partial charge is 0.305 e. The zero-order valence-electron chi connectivity index (χ0n) is 12.4. The summed E-state index contributed by atoms with van der Waals surface area (Å²) in [6, 6.07) is 7.49. The highest BCUT2D eigenvalue weighted by atomic mass is 32.1. The van der Waals surface area contributed by atoms with E-state index < -0.39 is 5.97 Å². The Bertz CT molecular complexity index is 950. The fraction of sp³-hybridized carbons (Fsp3) is 0.118. The summed E-state index contributed by atoms with van der Waals surface area (Å²) in [5.74, 6) is -1.23. The van der Waals surface area contributed by atoms with Crippen molar-refractivity contribution < 1.29 is 19.8 Å². The number of aromatic hydroxyl groups is 1. The number of allylic oxidation sites excluding steroid dienone is 2. The maximum Gasteiger partial charge on any atom is 0.305 e. The Labute approximate surface area is 146 Å². The molecule has 24 heavy (non-hydrogen) atoms. The molecule has 1 aliphatic carbocycles. The molecule has 0 radical (unpaired) electrons. The van der Waals surface area contributed by atoms with Gasteiger partial charge < -0.3 is 10.2 Å². The summed E-state index contributed by atoms with van der Waals surface area (Å²) < 4.78 is 1.74. The van der Waals surface area contributed by atoms with Crippen molar-refractivity contribution in [3.63, 3.8) is 0 Å². The van der Waals surface area contributed by atoms with Crippen LogP contribution in [0.1, 0.15) is 22.4 Å². The van der Waals surface area contributed by atoms with Crippen LogP contribution in [-0.2, 0) is 16.1 Å². The van der Waals surface area contributed by atoms with Gasteiger partial charge in [0.2, 0.25) is 5.88 Å². The number of carbonyl (C=O) groups is 2. The monoisotopic (exact) mass is 359 g/mol. The second kappa shape index (κ2) is 6.54. The van der Waals surface area contributed by atoms with Gasteiger partial charge in [-0.25, -0.2) is 0 Å². The molecule has 0 atom stereocenters. The molecular weight excluding hydrogens is 346 g/mol. The minimum Gasteiger partial charge on any atom is -0.493 e. The average Bonchev–Trinajstić information content (AvgIpc) is 2.82. The fourth-order valence-electron chi connectivity index (χ4n) is 2.47. The van der Waals surface area contributed by atoms with Crippen molar-refractivity contribution in [2.24, 2.45) is 0 Å². The van der Waals surface area contributed by atoms with Crippen LogP contribution in [0.3, 0.4) is 0 Å². The fourth-order valence-corrected chi connectivity index (χ4v) is 3.77. The second-order valence-electron chi connectivity index (χ2n) is 5.19. The number of hydrogen-bond donors (Lipinski definition) is 2. The molecule has 0 fully saturated rings. The van der Waals surface area contributed by atoms with Crippen molar-refractivity contribution in [1.82, 2.24) is 4.57 Å². The van der Waals surface area contributed by atoms with E-state index in [2.05, 4.69) is 0 Å². The van der Waals surface area contributed by atoms with Crippen LogP contribution in [0.4, 0.5) is 0 Å². The summed E-state index contributed by atoms with van der Waals surface area (Å²) in [4.78, 5) is 23.4. The highest BCUT2D eigenvalue weighted by molar-refractivity contribution is 7.73. The number of carbonyl (C=O) groups excluding carboxylic acids is 1. The van der Waals surface area contributed by atoms with E-state index in [1.807, 2.05) is 24.3 Å². The van der Waals surface area contributed by atoms with Crippen molar-refractivity contribution in [1.29, 1.82) is 0 Å². The molecule has 1 aromatic heterocycles. The summed E-state index contributed by atoms with van der Waals surface area (Å²) in [5, 5.41) is 19.1. The average molecular weight is 359 g/mol. The largest absolute Gasteiger partial charge is 0.493 e. The first-order valence-corrected chi connectivity index (χ1v) is 8.37. The second-order valence-corrected chi connectivity index (χ2v) is 6.87. The van der Waals surface area contributed by atoms with Gasteiger partial charge in [0, 0.05) is 12.1 Å². The first-order chi connectivity index (χ1) is 11.5. The van der Waals surface area contributed by atoms with E-state index in [4.69, 9.17) is 17.3 Å². The van der Waals surface area contributed by atoms with E-state index in [0.29, 0.717) is 14.4 Å². The van der Waals surface area contributed by atoms with Crippen molar-refractivity contribution in [2.75, 3.05) is 0 Å². The first kappa shape index (κ1) is 16.4. The molecule has 1 aromatic carbocycles. The number of benzene rings is 1. The molecule has 0 bridgehead atoms. The number of ketones is 1. The Morgan fingerprint density at radius 2 is 2.04 bits per heavy atom. The molecule has 0 amide bonds. The van der Waals surface area contributed by atoms with Crippen LogP contribution in [0.15, 0.2) is 30.3 Å². The number of thiazole rings is 1. The molecule has 5 nitrogen and oxygen atoms in total. The van der Waals surface area contributed by atoms with Crippen LogP contribution in [-0.4, -0.2) is 26.5 Å². The maximum absolute atomic E-state index is 12.2. The standard InChI is InChI=1S/C17H13NO4S2/c19-13-6-5-10-3-1-2-4-11(10)12(13)9-14-16(22)18(17(23)24-14)8-7-15(20)21/h1-6,9,22H,7-8H2,(H,20,21)/b12-9-. The highest BCUT2D eigenvalue weighted by Gasteiger charge is 2.19. The predicted octanol–water partition coefficient (Wildman–Crippen LogP) is 3.60. The summed E-state index contributed by atoms with van der Waals surface area (Å²) in [6.07, 6.45) is 4.72. The van der Waals surface area contributed by atoms with Crippen LogP contribution >= 0.6 is 23.6 Å². The molecule has 0 saturated carbocycles. The topological polar surface area (TPSA) is 79.5 Å². The SMILES string of the molecule is O=C(O)CCn1c(O)c(/C=C2\C(=O)C=Cc3ccccc32)sc1=S. The lowest BCUT2D eigenvalue weighted by Crippen LogP contribution is -2.05. The molecule has 3 rings (SSSR count). The molecular formula is C17H13NO4S2. The maximum atomic E-state index is 12.2. The predicted molar refractivity (Wildman–Crippen MR) is 95.4 cm³/mol. The van der Waals surface area contributed by atoms with Crippen molar-refractivity contribution >= 4 is 53.0 Å². The van der Waals surface area contributed by atoms with Crippen molar-refractivity contribution in [3.05, 3.63) is 50.3 Å². The molecule has 7 heteroatoms. The van der Waals surface area contributed by atoms with Gasteiger partial charge in [-0.3, -0.25) is 14.2 Å². The minimum absolute atomic E-state index is 0.0874. The molecule has 1 heterocycles. The van der Waals surface area contributed by atoms with E-state index in [-0.39, 0.29) is 24.6 Å². The molecule has 0 saturated heterocycles. The van der Waals surface area contributed by atoms with Crippen molar-refractivity contribution in [3.8, 4) is 5.88 Å². The number of fused-ring (bicyclic) bond motifs is 1. The molecule has 0 unspecified atom stereocenters. The van der Waals surface area contributed by atoms with Gasteiger partial charge in [-0.1, -0.05) is 30.3 Å². The summed E-state index contributed by atoms with van der Waals surface area (Å²) in [5.41, 5.74) is 2.20. The number of nitrogens with zero attached hydrogens (tertiary/aromatic N) is 1. The van der Waals surface area contributed by atoms with Gasteiger partial charge in [0.15, 0.2) is 9.74 Å². The van der Waals surface area contributed by atoms with Crippen molar-refractivity contribution in [2.45, 2.75) is 13.0 Å². The van der Waals surface area contributed by atoms with Gasteiger partial charge in [-0.2, -0.15) is 0 Å². The van der Waals surface area contributed by atoms with Gasteiger partial charge in [0.25, 0.3) is 0 Å². The van der Waals surface area contributed by atoms with Crippen LogP contribution in [0.2, 0.25) is 0 Å². The molecule has 2 aromatic rings. The number of aliphatic carboxylic acids is 1. The van der Waals surface area contributed by atoms with E-state index in [1.54, 1.807) is 12.2 Å². The Hall–Kier alpha value is -2.51. The minimum atomic E-state index is -0.969. The van der Waals surface area contributed by atoms with E-state index in [0.717, 1.165) is 22.5 Å². The number of carboxylic acid groups (broad SMARTS) is 1. The third-order valence-corrected chi connectivity index (χ3v) is 5.03. The van der Waals surface area contributed by atoms with Gasteiger partial charge in [0.05, 0.1) is 11.3 Å². The molecule has 2 N–H and O–H groups in total. The van der Waals surface area contributed by atoms with Gasteiger partial charge in [0.1, 0.15) is 0 Å². The van der Waals surface area contributed by atoms with Crippen LogP contribution in [0.5, 0.6) is 5.88 Å². The lowest BCUT2D eigenvalue weighted by Gasteiger charge is -2.12. The number of rotatable bonds is 4. The Balaban J connectivity index is 2.04. The highest BCUT2D eigenvalue weighted by Crippen LogP contribution is 2.33. The lowest BCUT2D eigenvalue weighted by molar-refractivity contribution is -0.137. The Morgan fingerprint density at radius 1 is 1.29 bits per heavy atom. The zero-order valence-corrected chi connectivity index (χ0v) is 14.1. The van der Waals surface area contributed by atoms with Crippen LogP contribution in [0, 0.1) is 3.95 Å². The third-order valence-electron chi connectivity index (χ3n) is 3.65. The van der Waals surface area contributed by atoms with Crippen LogP contribution in [0.25, 0.3) is 17.7 Å². The molecule has 0 spiro atoms. The van der Waals surface area contributed by atoms with Gasteiger partial charge in [-0.05, 0) is 35.5 Å². The number of carboxylic acids is 1. The molecule has 122 valence electrons. The Kier molecular flexibility index (Phi) is 4.46. The summed E-state index contributed by atoms with van der Waals surface area (Å²) in [6.45, 7) is 0.0874. The number of aromatic nitrogens is 1. The summed E-state index contributed by atoms with van der Waals surface area (Å²) >= 11 is 6.33. The zero-order chi connectivity index (χ0) is 17.3. The lowest BCUT2D eigenvalue weighted by atomic mass is 9.91. The third kappa shape index (κ3) is 3.08. The van der Waals surface area contributed by atoms with E-state index >= 15 is 0 Å². The van der Waals surface area contributed by atoms with Gasteiger partial charge >= 0.3 is 5.97 Å².